The Bertz CT molecular complexity index is 836. The molecular formula is C21H25ClN4O. The maximum Gasteiger partial charge on any atom is 0.251 e. The lowest BCUT2D eigenvalue weighted by molar-refractivity contribution is 0.0963. The molecule has 0 bridgehead atoms. The zero-order valence-corrected chi connectivity index (χ0v) is 16.4. The zero-order valence-electron chi connectivity index (χ0n) is 15.6. The van der Waals surface area contributed by atoms with E-state index in [4.69, 9.17) is 11.6 Å². The van der Waals surface area contributed by atoms with Gasteiger partial charge in [0.1, 0.15) is 0 Å². The number of carbonyl (C=O) groups is 1. The van der Waals surface area contributed by atoms with Crippen molar-refractivity contribution in [2.24, 2.45) is 4.99 Å². The highest BCUT2D eigenvalue weighted by Crippen LogP contribution is 2.41. The Morgan fingerprint density at radius 2 is 2.04 bits per heavy atom. The van der Waals surface area contributed by atoms with Gasteiger partial charge in [0, 0.05) is 43.2 Å². The molecule has 1 aliphatic rings. The summed E-state index contributed by atoms with van der Waals surface area (Å²) in [4.78, 5) is 16.0. The minimum absolute atomic E-state index is 0.0666. The molecule has 5 nitrogen and oxygen atoms in total. The molecule has 1 fully saturated rings. The number of aliphatic imine (C=N–C) groups is 1. The maximum absolute atomic E-state index is 11.7. The standard InChI is InChI=1S/C21H25ClN4O/c1-23-20(27)16-7-3-5-14(11-16)9-10-25-21(24-2)26-19-13-18(19)15-6-4-8-17(22)12-15/h3-8,11-12,18-19H,9-10,13H2,1-2H3,(H,23,27)(H2,24,25,26). The fourth-order valence-corrected chi connectivity index (χ4v) is 3.37. The van der Waals surface area contributed by atoms with Gasteiger partial charge in [-0.1, -0.05) is 35.9 Å². The van der Waals surface area contributed by atoms with E-state index in [2.05, 4.69) is 27.0 Å². The Morgan fingerprint density at radius 3 is 2.78 bits per heavy atom. The Balaban J connectivity index is 1.47. The van der Waals surface area contributed by atoms with Crippen molar-refractivity contribution in [1.29, 1.82) is 0 Å². The fraction of sp³-hybridized carbons (Fsp3) is 0.333. The molecule has 2 aromatic rings. The summed E-state index contributed by atoms with van der Waals surface area (Å²) in [6.45, 7) is 0.741. The Kier molecular flexibility index (Phi) is 6.35. The zero-order chi connectivity index (χ0) is 19.2. The quantitative estimate of drug-likeness (QED) is 0.530. The van der Waals surface area contributed by atoms with E-state index in [0.29, 0.717) is 17.5 Å². The molecule has 27 heavy (non-hydrogen) atoms. The Labute approximate surface area is 165 Å². The van der Waals surface area contributed by atoms with E-state index in [-0.39, 0.29) is 5.91 Å². The fourth-order valence-electron chi connectivity index (χ4n) is 3.17. The van der Waals surface area contributed by atoms with Crippen LogP contribution in [0.25, 0.3) is 0 Å². The van der Waals surface area contributed by atoms with Gasteiger partial charge < -0.3 is 16.0 Å². The molecule has 3 rings (SSSR count). The molecule has 2 unspecified atom stereocenters. The van der Waals surface area contributed by atoms with Crippen molar-refractivity contribution in [2.45, 2.75) is 24.8 Å². The van der Waals surface area contributed by atoms with Gasteiger partial charge in [0.05, 0.1) is 0 Å². The summed E-state index contributed by atoms with van der Waals surface area (Å²) in [5.74, 6) is 1.21. The van der Waals surface area contributed by atoms with Gasteiger partial charge in [0.2, 0.25) is 0 Å². The van der Waals surface area contributed by atoms with Crippen LogP contribution in [0.2, 0.25) is 5.02 Å². The highest BCUT2D eigenvalue weighted by atomic mass is 35.5. The van der Waals surface area contributed by atoms with E-state index in [1.807, 2.05) is 42.5 Å². The molecule has 0 heterocycles. The molecule has 2 atom stereocenters. The van der Waals surface area contributed by atoms with Gasteiger partial charge >= 0.3 is 0 Å². The van der Waals surface area contributed by atoms with Gasteiger partial charge in [0.15, 0.2) is 5.96 Å². The summed E-state index contributed by atoms with van der Waals surface area (Å²) in [6, 6.07) is 16.1. The maximum atomic E-state index is 11.7. The van der Waals surface area contributed by atoms with Crippen LogP contribution in [0.15, 0.2) is 53.5 Å². The van der Waals surface area contributed by atoms with E-state index in [9.17, 15) is 4.79 Å². The largest absolute Gasteiger partial charge is 0.356 e. The Morgan fingerprint density at radius 1 is 1.22 bits per heavy atom. The van der Waals surface area contributed by atoms with E-state index in [1.54, 1.807) is 14.1 Å². The number of amides is 1. The highest BCUT2D eigenvalue weighted by Gasteiger charge is 2.39. The average molecular weight is 385 g/mol. The van der Waals surface area contributed by atoms with Crippen LogP contribution in [0.3, 0.4) is 0 Å². The topological polar surface area (TPSA) is 65.5 Å². The van der Waals surface area contributed by atoms with Crippen molar-refractivity contribution in [3.63, 3.8) is 0 Å². The number of halogens is 1. The first kappa shape index (κ1) is 19.2. The van der Waals surface area contributed by atoms with Crippen molar-refractivity contribution in [2.75, 3.05) is 20.6 Å². The summed E-state index contributed by atoms with van der Waals surface area (Å²) in [5, 5.41) is 10.2. The molecule has 0 spiro atoms. The minimum atomic E-state index is -0.0666. The molecule has 0 radical (unpaired) electrons. The smallest absolute Gasteiger partial charge is 0.251 e. The molecule has 3 N–H and O–H groups in total. The molecule has 0 saturated heterocycles. The second-order valence-corrected chi connectivity index (χ2v) is 7.11. The molecular weight excluding hydrogens is 360 g/mol. The van der Waals surface area contributed by atoms with Gasteiger partial charge in [-0.2, -0.15) is 0 Å². The number of benzene rings is 2. The van der Waals surface area contributed by atoms with Gasteiger partial charge in [0.25, 0.3) is 5.91 Å². The molecule has 1 aliphatic carbocycles. The van der Waals surface area contributed by atoms with E-state index in [1.165, 1.54) is 5.56 Å². The van der Waals surface area contributed by atoms with Gasteiger partial charge in [-0.25, -0.2) is 0 Å². The molecule has 142 valence electrons. The van der Waals surface area contributed by atoms with Gasteiger partial charge in [-0.15, -0.1) is 0 Å². The first-order valence-corrected chi connectivity index (χ1v) is 9.52. The van der Waals surface area contributed by atoms with Gasteiger partial charge in [-0.05, 0) is 48.2 Å². The van der Waals surface area contributed by atoms with E-state index in [0.717, 1.165) is 35.9 Å². The van der Waals surface area contributed by atoms with Crippen LogP contribution in [0.5, 0.6) is 0 Å². The van der Waals surface area contributed by atoms with Crippen molar-refractivity contribution in [3.8, 4) is 0 Å². The van der Waals surface area contributed by atoms with Crippen LogP contribution in [-0.2, 0) is 6.42 Å². The van der Waals surface area contributed by atoms with Crippen LogP contribution in [0, 0.1) is 0 Å². The lowest BCUT2D eigenvalue weighted by Crippen LogP contribution is -2.39. The summed E-state index contributed by atoms with van der Waals surface area (Å²) in [5.41, 5.74) is 3.06. The van der Waals surface area contributed by atoms with Crippen molar-refractivity contribution >= 4 is 23.5 Å². The second kappa shape index (κ2) is 8.91. The number of rotatable bonds is 6. The third-order valence-electron chi connectivity index (χ3n) is 4.74. The molecule has 1 amide bonds. The van der Waals surface area contributed by atoms with E-state index < -0.39 is 0 Å². The highest BCUT2D eigenvalue weighted by molar-refractivity contribution is 6.30. The molecule has 0 aromatic heterocycles. The van der Waals surface area contributed by atoms with Crippen LogP contribution in [0.4, 0.5) is 0 Å². The monoisotopic (exact) mass is 384 g/mol. The normalized spacial score (nSPS) is 18.7. The third-order valence-corrected chi connectivity index (χ3v) is 4.97. The summed E-state index contributed by atoms with van der Waals surface area (Å²) >= 11 is 6.08. The SMILES string of the molecule is CN=C(NCCc1cccc(C(=O)NC)c1)NC1CC1c1cccc(Cl)c1. The number of hydrogen-bond acceptors (Lipinski definition) is 2. The lowest BCUT2D eigenvalue weighted by Gasteiger charge is -2.12. The van der Waals surface area contributed by atoms with E-state index >= 15 is 0 Å². The Hall–Kier alpha value is -2.53. The molecule has 2 aromatic carbocycles. The molecule has 6 heteroatoms. The predicted molar refractivity (Wildman–Crippen MR) is 111 cm³/mol. The number of nitrogens with zero attached hydrogens (tertiary/aromatic N) is 1. The number of hydrogen-bond donors (Lipinski definition) is 3. The number of guanidine groups is 1. The average Bonchev–Trinajstić information content (AvgIpc) is 3.46. The number of nitrogens with one attached hydrogen (secondary N) is 3. The van der Waals surface area contributed by atoms with Crippen molar-refractivity contribution in [3.05, 3.63) is 70.2 Å². The predicted octanol–water partition coefficient (Wildman–Crippen LogP) is 2.96. The molecule has 0 aliphatic heterocycles. The van der Waals surface area contributed by atoms with Gasteiger partial charge in [-0.3, -0.25) is 9.79 Å². The second-order valence-electron chi connectivity index (χ2n) is 6.68. The van der Waals surface area contributed by atoms with Crippen LogP contribution >= 0.6 is 11.6 Å². The minimum Gasteiger partial charge on any atom is -0.356 e. The number of carbonyl (C=O) groups excluding carboxylic acids is 1. The van der Waals surface area contributed by atoms with Crippen LogP contribution in [-0.4, -0.2) is 38.5 Å². The summed E-state index contributed by atoms with van der Waals surface area (Å²) in [7, 11) is 3.42. The first-order valence-electron chi connectivity index (χ1n) is 9.14. The summed E-state index contributed by atoms with van der Waals surface area (Å²) in [6.07, 6.45) is 1.89. The molecule has 1 saturated carbocycles. The van der Waals surface area contributed by atoms with Crippen molar-refractivity contribution in [1.82, 2.24) is 16.0 Å². The first-order chi connectivity index (χ1) is 13.1. The summed E-state index contributed by atoms with van der Waals surface area (Å²) < 4.78 is 0. The van der Waals surface area contributed by atoms with Crippen LogP contribution < -0.4 is 16.0 Å². The van der Waals surface area contributed by atoms with Crippen LogP contribution in [0.1, 0.15) is 33.8 Å². The third kappa shape index (κ3) is 5.23. The van der Waals surface area contributed by atoms with Crippen molar-refractivity contribution < 1.29 is 4.79 Å². The lowest BCUT2D eigenvalue weighted by atomic mass is 10.1.